The van der Waals surface area contributed by atoms with E-state index in [9.17, 15) is 4.79 Å². The van der Waals surface area contributed by atoms with E-state index in [4.69, 9.17) is 4.74 Å². The van der Waals surface area contributed by atoms with Gasteiger partial charge in [-0.05, 0) is 24.4 Å². The number of carbonyl (C=O) groups excluding carboxylic acids is 1. The topological polar surface area (TPSA) is 64.1 Å². The Bertz CT molecular complexity index is 407. The van der Waals surface area contributed by atoms with Crippen LogP contribution in [0.5, 0.6) is 0 Å². The van der Waals surface area contributed by atoms with Gasteiger partial charge < -0.3 is 10.1 Å². The second-order valence-electron chi connectivity index (χ2n) is 4.16. The lowest BCUT2D eigenvalue weighted by atomic mass is 10.3. The van der Waals surface area contributed by atoms with Gasteiger partial charge in [-0.2, -0.15) is 4.37 Å². The Balaban J connectivity index is 1.85. The third kappa shape index (κ3) is 3.93. The smallest absolute Gasteiger partial charge is 0.323 e. The normalized spacial score (nSPS) is 16.6. The van der Waals surface area contributed by atoms with Crippen molar-refractivity contribution in [2.45, 2.75) is 42.6 Å². The van der Waals surface area contributed by atoms with Crippen LogP contribution in [0.4, 0.5) is 0 Å². The maximum absolute atomic E-state index is 11.6. The van der Waals surface area contributed by atoms with Gasteiger partial charge >= 0.3 is 5.97 Å². The van der Waals surface area contributed by atoms with Crippen LogP contribution in [-0.4, -0.2) is 40.3 Å². The number of esters is 1. The number of hydrogen-bond acceptors (Lipinski definition) is 7. The van der Waals surface area contributed by atoms with Crippen molar-refractivity contribution >= 4 is 29.3 Å². The molecule has 0 spiro atoms. The Morgan fingerprint density at radius 3 is 3.00 bits per heavy atom. The first-order valence-electron chi connectivity index (χ1n) is 6.02. The fourth-order valence-corrected chi connectivity index (χ4v) is 3.19. The van der Waals surface area contributed by atoms with Crippen LogP contribution >= 0.6 is 23.3 Å². The average Bonchev–Trinajstić information content (AvgIpc) is 3.09. The summed E-state index contributed by atoms with van der Waals surface area (Å²) in [6.07, 6.45) is 3.14. The minimum Gasteiger partial charge on any atom is -0.468 e. The van der Waals surface area contributed by atoms with Gasteiger partial charge in [-0.25, -0.2) is 4.98 Å². The fraction of sp³-hybridized carbons (Fsp3) is 0.727. The predicted molar refractivity (Wildman–Crippen MR) is 72.0 cm³/mol. The van der Waals surface area contributed by atoms with E-state index in [1.54, 1.807) is 11.8 Å². The molecule has 1 aromatic rings. The minimum absolute atomic E-state index is 0.199. The van der Waals surface area contributed by atoms with Crippen LogP contribution in [-0.2, 0) is 16.0 Å². The molecule has 1 atom stereocenters. The van der Waals surface area contributed by atoms with Gasteiger partial charge in [0.1, 0.15) is 11.9 Å². The number of thioether (sulfide) groups is 1. The third-order valence-corrected chi connectivity index (χ3v) is 4.60. The Morgan fingerprint density at radius 1 is 1.67 bits per heavy atom. The number of methoxy groups -OCH3 is 1. The minimum atomic E-state index is -0.249. The second kappa shape index (κ2) is 6.49. The molecule has 0 saturated heterocycles. The monoisotopic (exact) mass is 287 g/mol. The second-order valence-corrected chi connectivity index (χ2v) is 6.18. The Labute approximate surface area is 115 Å². The van der Waals surface area contributed by atoms with Crippen LogP contribution < -0.4 is 5.32 Å². The number of rotatable bonds is 7. The zero-order valence-electron chi connectivity index (χ0n) is 10.5. The quantitative estimate of drug-likeness (QED) is 0.605. The van der Waals surface area contributed by atoms with Crippen molar-refractivity contribution in [1.29, 1.82) is 0 Å². The van der Waals surface area contributed by atoms with E-state index in [-0.39, 0.29) is 12.0 Å². The van der Waals surface area contributed by atoms with E-state index in [0.29, 0.717) is 11.8 Å². The number of carbonyl (C=O) groups is 1. The molecule has 0 bridgehead atoms. The summed E-state index contributed by atoms with van der Waals surface area (Å²) in [5, 5.41) is 3.29. The summed E-state index contributed by atoms with van der Waals surface area (Å²) in [5.41, 5.74) is 0. The van der Waals surface area contributed by atoms with Crippen molar-refractivity contribution < 1.29 is 9.53 Å². The van der Waals surface area contributed by atoms with Crippen molar-refractivity contribution in [3.05, 3.63) is 5.82 Å². The Kier molecular flexibility index (Phi) is 4.96. The molecule has 2 rings (SSSR count). The van der Waals surface area contributed by atoms with Gasteiger partial charge in [0.25, 0.3) is 0 Å². The van der Waals surface area contributed by atoms with Gasteiger partial charge in [0, 0.05) is 18.2 Å². The highest BCUT2D eigenvalue weighted by Crippen LogP contribution is 2.24. The highest BCUT2D eigenvalue weighted by molar-refractivity contribution is 8.01. The number of ether oxygens (including phenoxy) is 1. The van der Waals surface area contributed by atoms with E-state index in [1.807, 2.05) is 6.92 Å². The number of nitrogens with zero attached hydrogens (tertiary/aromatic N) is 2. The van der Waals surface area contributed by atoms with Crippen LogP contribution in [0.3, 0.4) is 0 Å². The van der Waals surface area contributed by atoms with Crippen LogP contribution in [0.25, 0.3) is 0 Å². The fourth-order valence-electron chi connectivity index (χ4n) is 1.46. The summed E-state index contributed by atoms with van der Waals surface area (Å²) in [6.45, 7) is 2.03. The van der Waals surface area contributed by atoms with Crippen molar-refractivity contribution in [2.75, 3.05) is 12.9 Å². The molecule has 1 heterocycles. The first-order chi connectivity index (χ1) is 8.72. The maximum Gasteiger partial charge on any atom is 0.323 e. The lowest BCUT2D eigenvalue weighted by Crippen LogP contribution is -2.40. The molecule has 1 aliphatic rings. The number of nitrogens with one attached hydrogen (secondary N) is 1. The molecule has 0 aromatic carbocycles. The molecule has 0 aliphatic heterocycles. The summed E-state index contributed by atoms with van der Waals surface area (Å²) in [7, 11) is 1.43. The zero-order chi connectivity index (χ0) is 13.0. The molecule has 5 nitrogen and oxygen atoms in total. The van der Waals surface area contributed by atoms with Crippen LogP contribution in [0.1, 0.15) is 25.6 Å². The number of hydrogen-bond donors (Lipinski definition) is 1. The van der Waals surface area contributed by atoms with Crippen molar-refractivity contribution in [2.24, 2.45) is 0 Å². The van der Waals surface area contributed by atoms with Gasteiger partial charge in [-0.3, -0.25) is 4.79 Å². The van der Waals surface area contributed by atoms with Crippen LogP contribution in [0.2, 0.25) is 0 Å². The highest BCUT2D eigenvalue weighted by Gasteiger charge is 2.29. The molecule has 7 heteroatoms. The molecule has 1 unspecified atom stereocenters. The van der Waals surface area contributed by atoms with Crippen molar-refractivity contribution in [3.8, 4) is 0 Å². The molecular weight excluding hydrogens is 270 g/mol. The zero-order valence-corrected chi connectivity index (χ0v) is 12.1. The molecular formula is C11H17N3O2S2. The van der Waals surface area contributed by atoms with Gasteiger partial charge in [0.05, 0.1) is 7.11 Å². The standard InChI is InChI=1S/C11H17N3O2S2/c1-3-9-13-11(18-14-9)17-6-8(10(15)16-2)12-7-4-5-7/h7-8,12H,3-6H2,1-2H3. The summed E-state index contributed by atoms with van der Waals surface area (Å²) in [4.78, 5) is 16.0. The first-order valence-corrected chi connectivity index (χ1v) is 7.78. The molecule has 18 heavy (non-hydrogen) atoms. The Hall–Kier alpha value is -0.660. The summed E-state index contributed by atoms with van der Waals surface area (Å²) >= 11 is 2.95. The van der Waals surface area contributed by atoms with E-state index in [1.165, 1.54) is 18.6 Å². The van der Waals surface area contributed by atoms with E-state index >= 15 is 0 Å². The maximum atomic E-state index is 11.6. The molecule has 1 saturated carbocycles. The van der Waals surface area contributed by atoms with Crippen LogP contribution in [0.15, 0.2) is 4.34 Å². The predicted octanol–water partition coefficient (Wildman–Crippen LogP) is 1.49. The van der Waals surface area contributed by atoms with Gasteiger partial charge in [0.15, 0.2) is 4.34 Å². The summed E-state index contributed by atoms with van der Waals surface area (Å²) in [5.74, 6) is 1.31. The summed E-state index contributed by atoms with van der Waals surface area (Å²) in [6, 6.07) is 0.233. The first kappa shape index (κ1) is 13.8. The molecule has 1 fully saturated rings. The van der Waals surface area contributed by atoms with Crippen molar-refractivity contribution in [1.82, 2.24) is 14.7 Å². The largest absolute Gasteiger partial charge is 0.468 e. The van der Waals surface area contributed by atoms with E-state index in [0.717, 1.165) is 29.4 Å². The highest BCUT2D eigenvalue weighted by atomic mass is 32.2. The van der Waals surface area contributed by atoms with E-state index in [2.05, 4.69) is 14.7 Å². The van der Waals surface area contributed by atoms with Crippen molar-refractivity contribution in [3.63, 3.8) is 0 Å². The summed E-state index contributed by atoms with van der Waals surface area (Å²) < 4.78 is 9.95. The molecule has 1 aliphatic carbocycles. The lowest BCUT2D eigenvalue weighted by Gasteiger charge is -2.14. The third-order valence-electron chi connectivity index (χ3n) is 2.64. The van der Waals surface area contributed by atoms with Crippen LogP contribution in [0, 0.1) is 0 Å². The number of aromatic nitrogens is 2. The van der Waals surface area contributed by atoms with Gasteiger partial charge in [0.2, 0.25) is 0 Å². The number of aryl methyl sites for hydroxylation is 1. The molecule has 1 N–H and O–H groups in total. The van der Waals surface area contributed by atoms with Gasteiger partial charge in [-0.15, -0.1) is 0 Å². The Morgan fingerprint density at radius 2 is 2.44 bits per heavy atom. The van der Waals surface area contributed by atoms with E-state index < -0.39 is 0 Å². The average molecular weight is 287 g/mol. The lowest BCUT2D eigenvalue weighted by molar-refractivity contribution is -0.142. The molecule has 100 valence electrons. The molecule has 1 aromatic heterocycles. The molecule has 0 radical (unpaired) electrons. The SMILES string of the molecule is CCc1nsc(SCC(NC2CC2)C(=O)OC)n1. The molecule has 0 amide bonds. The van der Waals surface area contributed by atoms with Gasteiger partial charge in [-0.1, -0.05) is 18.7 Å².